The van der Waals surface area contributed by atoms with E-state index in [9.17, 15) is 18.0 Å². The van der Waals surface area contributed by atoms with E-state index < -0.39 is 11.7 Å². The van der Waals surface area contributed by atoms with E-state index in [4.69, 9.17) is 0 Å². The van der Waals surface area contributed by atoms with Crippen LogP contribution in [0.25, 0.3) is 0 Å². The minimum Gasteiger partial charge on any atom is -0.376 e. The number of hydrogen-bond donors (Lipinski definition) is 1. The van der Waals surface area contributed by atoms with E-state index in [0.29, 0.717) is 18.3 Å². The molecule has 1 aliphatic rings. The molecule has 2 rings (SSSR count). The number of likely N-dealkylation sites (N-methyl/N-ethyl adjacent to an activating group) is 1. The molecule has 1 fully saturated rings. The summed E-state index contributed by atoms with van der Waals surface area (Å²) in [4.78, 5) is 13.8. The quantitative estimate of drug-likeness (QED) is 0.903. The van der Waals surface area contributed by atoms with Crippen LogP contribution in [-0.4, -0.2) is 29.9 Å². The molecule has 1 N–H and O–H groups in total. The van der Waals surface area contributed by atoms with Crippen molar-refractivity contribution in [2.45, 2.75) is 38.9 Å². The SMILES string of the molecule is CCN(C(=O)CNc1ccc(C)c(C(F)(F)F)c1)C1CC1. The maximum absolute atomic E-state index is 12.8. The third kappa shape index (κ3) is 3.89. The molecule has 6 heteroatoms. The summed E-state index contributed by atoms with van der Waals surface area (Å²) in [6.07, 6.45) is -2.35. The molecule has 116 valence electrons. The molecule has 1 aliphatic carbocycles. The summed E-state index contributed by atoms with van der Waals surface area (Å²) in [6.45, 7) is 3.98. The van der Waals surface area contributed by atoms with E-state index >= 15 is 0 Å². The number of alkyl halides is 3. The van der Waals surface area contributed by atoms with Gasteiger partial charge in [-0.15, -0.1) is 0 Å². The van der Waals surface area contributed by atoms with Crippen molar-refractivity contribution < 1.29 is 18.0 Å². The Bertz CT molecular complexity index is 524. The average Bonchev–Trinajstić information content (AvgIpc) is 3.22. The van der Waals surface area contributed by atoms with E-state index in [1.807, 2.05) is 6.92 Å². The van der Waals surface area contributed by atoms with E-state index in [0.717, 1.165) is 18.9 Å². The van der Waals surface area contributed by atoms with Gasteiger partial charge in [-0.1, -0.05) is 6.07 Å². The lowest BCUT2D eigenvalue weighted by atomic mass is 10.1. The molecule has 0 bridgehead atoms. The topological polar surface area (TPSA) is 32.3 Å². The van der Waals surface area contributed by atoms with Crippen LogP contribution in [0.2, 0.25) is 0 Å². The van der Waals surface area contributed by atoms with Crippen molar-refractivity contribution >= 4 is 11.6 Å². The molecular weight excluding hydrogens is 281 g/mol. The van der Waals surface area contributed by atoms with E-state index in [1.165, 1.54) is 13.0 Å². The molecule has 0 spiro atoms. The van der Waals surface area contributed by atoms with Crippen LogP contribution in [0, 0.1) is 6.92 Å². The first kappa shape index (κ1) is 15.7. The number of anilines is 1. The van der Waals surface area contributed by atoms with Crippen molar-refractivity contribution in [1.82, 2.24) is 4.90 Å². The number of aryl methyl sites for hydroxylation is 1. The Kier molecular flexibility index (Phi) is 4.44. The lowest BCUT2D eigenvalue weighted by Gasteiger charge is -2.21. The zero-order valence-corrected chi connectivity index (χ0v) is 12.1. The number of carbonyl (C=O) groups is 1. The first-order chi connectivity index (χ1) is 9.82. The van der Waals surface area contributed by atoms with Gasteiger partial charge < -0.3 is 10.2 Å². The highest BCUT2D eigenvalue weighted by Crippen LogP contribution is 2.33. The molecule has 3 nitrogen and oxygen atoms in total. The van der Waals surface area contributed by atoms with Gasteiger partial charge in [-0.25, -0.2) is 0 Å². The van der Waals surface area contributed by atoms with E-state index in [2.05, 4.69) is 5.32 Å². The maximum Gasteiger partial charge on any atom is 0.416 e. The predicted molar refractivity (Wildman–Crippen MR) is 75.1 cm³/mol. The molecule has 0 saturated heterocycles. The highest BCUT2D eigenvalue weighted by atomic mass is 19.4. The molecule has 0 aromatic heterocycles. The molecule has 0 radical (unpaired) electrons. The Balaban J connectivity index is 2.01. The molecule has 1 amide bonds. The Labute approximate surface area is 122 Å². The van der Waals surface area contributed by atoms with Crippen LogP contribution in [0.4, 0.5) is 18.9 Å². The van der Waals surface area contributed by atoms with Gasteiger partial charge in [0.05, 0.1) is 12.1 Å². The second-order valence-electron chi connectivity index (χ2n) is 5.29. The third-order valence-electron chi connectivity index (χ3n) is 3.64. The maximum atomic E-state index is 12.8. The Morgan fingerprint density at radius 3 is 2.57 bits per heavy atom. The third-order valence-corrected chi connectivity index (χ3v) is 3.64. The van der Waals surface area contributed by atoms with Gasteiger partial charge in [0.15, 0.2) is 0 Å². The first-order valence-electron chi connectivity index (χ1n) is 7.04. The number of amides is 1. The number of benzene rings is 1. The molecule has 0 unspecified atom stereocenters. The number of rotatable bonds is 5. The summed E-state index contributed by atoms with van der Waals surface area (Å²) >= 11 is 0. The van der Waals surface area contributed by atoms with Crippen molar-refractivity contribution in [1.29, 1.82) is 0 Å². The summed E-state index contributed by atoms with van der Waals surface area (Å²) in [5.41, 5.74) is -0.185. The van der Waals surface area contributed by atoms with Gasteiger partial charge in [-0.2, -0.15) is 13.2 Å². The van der Waals surface area contributed by atoms with Crippen molar-refractivity contribution in [3.8, 4) is 0 Å². The van der Waals surface area contributed by atoms with Crippen LogP contribution >= 0.6 is 0 Å². The Hall–Kier alpha value is -1.72. The lowest BCUT2D eigenvalue weighted by molar-refractivity contribution is -0.138. The highest BCUT2D eigenvalue weighted by Gasteiger charge is 2.33. The predicted octanol–water partition coefficient (Wildman–Crippen LogP) is 3.44. The molecule has 1 saturated carbocycles. The Morgan fingerprint density at radius 1 is 1.38 bits per heavy atom. The fourth-order valence-electron chi connectivity index (χ4n) is 2.34. The zero-order chi connectivity index (χ0) is 15.6. The van der Waals surface area contributed by atoms with Crippen LogP contribution in [0.5, 0.6) is 0 Å². The van der Waals surface area contributed by atoms with Crippen LogP contribution in [-0.2, 0) is 11.0 Å². The standard InChI is InChI=1S/C15H19F3N2O/c1-3-20(12-6-7-12)14(21)9-19-11-5-4-10(2)13(8-11)15(16,17)18/h4-5,8,12,19H,3,6-7,9H2,1-2H3. The normalized spacial score (nSPS) is 14.9. The monoisotopic (exact) mass is 300 g/mol. The smallest absolute Gasteiger partial charge is 0.376 e. The first-order valence-corrected chi connectivity index (χ1v) is 7.04. The van der Waals surface area contributed by atoms with E-state index in [1.54, 1.807) is 11.0 Å². The molecule has 21 heavy (non-hydrogen) atoms. The molecule has 0 atom stereocenters. The highest BCUT2D eigenvalue weighted by molar-refractivity contribution is 5.81. The van der Waals surface area contributed by atoms with Gasteiger partial charge in [0.2, 0.25) is 5.91 Å². The van der Waals surface area contributed by atoms with Crippen molar-refractivity contribution in [3.63, 3.8) is 0 Å². The Morgan fingerprint density at radius 2 is 2.05 bits per heavy atom. The van der Waals surface area contributed by atoms with Crippen LogP contribution in [0.3, 0.4) is 0 Å². The summed E-state index contributed by atoms with van der Waals surface area (Å²) < 4.78 is 38.5. The molecule has 0 aliphatic heterocycles. The van der Waals surface area contributed by atoms with Crippen molar-refractivity contribution in [2.24, 2.45) is 0 Å². The minimum atomic E-state index is -4.38. The molecular formula is C15H19F3N2O. The number of nitrogens with one attached hydrogen (secondary N) is 1. The largest absolute Gasteiger partial charge is 0.416 e. The number of carbonyl (C=O) groups excluding carboxylic acids is 1. The van der Waals surface area contributed by atoms with E-state index in [-0.39, 0.29) is 18.0 Å². The summed E-state index contributed by atoms with van der Waals surface area (Å²) in [5.74, 6) is -0.0749. The lowest BCUT2D eigenvalue weighted by Crippen LogP contribution is -2.37. The molecule has 0 heterocycles. The van der Waals surface area contributed by atoms with Gasteiger partial charge >= 0.3 is 6.18 Å². The molecule has 1 aromatic rings. The summed E-state index contributed by atoms with van der Waals surface area (Å²) in [7, 11) is 0. The number of halogens is 3. The number of nitrogens with zero attached hydrogens (tertiary/aromatic N) is 1. The number of hydrogen-bond acceptors (Lipinski definition) is 2. The molecule has 1 aromatic carbocycles. The average molecular weight is 300 g/mol. The van der Waals surface area contributed by atoms with Gasteiger partial charge in [0.25, 0.3) is 0 Å². The van der Waals surface area contributed by atoms with Crippen molar-refractivity contribution in [3.05, 3.63) is 29.3 Å². The fourth-order valence-corrected chi connectivity index (χ4v) is 2.34. The van der Waals surface area contributed by atoms with Crippen molar-refractivity contribution in [2.75, 3.05) is 18.4 Å². The van der Waals surface area contributed by atoms with Gasteiger partial charge in [-0.05, 0) is 44.4 Å². The summed E-state index contributed by atoms with van der Waals surface area (Å²) in [6, 6.07) is 4.34. The summed E-state index contributed by atoms with van der Waals surface area (Å²) in [5, 5.41) is 2.79. The van der Waals surface area contributed by atoms with Gasteiger partial charge in [0, 0.05) is 18.3 Å². The van der Waals surface area contributed by atoms with Gasteiger partial charge in [-0.3, -0.25) is 4.79 Å². The van der Waals surface area contributed by atoms with Gasteiger partial charge in [0.1, 0.15) is 0 Å². The van der Waals surface area contributed by atoms with Crippen LogP contribution < -0.4 is 5.32 Å². The zero-order valence-electron chi connectivity index (χ0n) is 12.1. The second kappa shape index (κ2) is 5.95. The minimum absolute atomic E-state index is 0.0185. The van der Waals surface area contributed by atoms with Crippen LogP contribution in [0.1, 0.15) is 30.9 Å². The second-order valence-corrected chi connectivity index (χ2v) is 5.29. The van der Waals surface area contributed by atoms with Crippen LogP contribution in [0.15, 0.2) is 18.2 Å². The fraction of sp³-hybridized carbons (Fsp3) is 0.533.